The highest BCUT2D eigenvalue weighted by Crippen LogP contribution is 2.17. The lowest BCUT2D eigenvalue weighted by Crippen LogP contribution is -2.07. The topological polar surface area (TPSA) is 63.6 Å². The Morgan fingerprint density at radius 1 is 1.18 bits per heavy atom. The number of carboxylic acids is 1. The Bertz CT molecular complexity index is 500. The monoisotopic (exact) mass is 306 g/mol. The summed E-state index contributed by atoms with van der Waals surface area (Å²) in [6.45, 7) is 11.0. The molecule has 122 valence electrons. The van der Waals surface area contributed by atoms with Crippen LogP contribution in [0, 0.1) is 5.92 Å². The molecule has 1 unspecified atom stereocenters. The maximum Gasteiger partial charge on any atom is 0.332 e. The number of hydrogen-bond acceptors (Lipinski definition) is 3. The Morgan fingerprint density at radius 3 is 1.95 bits per heavy atom. The molecule has 1 rings (SSSR count). The molecule has 1 aromatic rings. The highest BCUT2D eigenvalue weighted by atomic mass is 16.5. The number of carbonyl (C=O) groups excluding carboxylic acids is 1. The molecular formula is C18H26O4. The van der Waals surface area contributed by atoms with E-state index < -0.39 is 11.9 Å². The van der Waals surface area contributed by atoms with Gasteiger partial charge in [-0.2, -0.15) is 0 Å². The zero-order valence-electron chi connectivity index (χ0n) is 14.1. The number of methoxy groups -OCH3 is 1. The van der Waals surface area contributed by atoms with Crippen LogP contribution in [0.3, 0.4) is 0 Å². The summed E-state index contributed by atoms with van der Waals surface area (Å²) in [5, 5.41) is 8.85. The van der Waals surface area contributed by atoms with E-state index >= 15 is 0 Å². The molecule has 0 fully saturated rings. The fourth-order valence-electron chi connectivity index (χ4n) is 1.73. The summed E-state index contributed by atoms with van der Waals surface area (Å²) in [7, 11) is 1.33. The highest BCUT2D eigenvalue weighted by molar-refractivity contribution is 5.86. The van der Waals surface area contributed by atoms with Gasteiger partial charge in [0.1, 0.15) is 0 Å². The van der Waals surface area contributed by atoms with Gasteiger partial charge in [0.15, 0.2) is 0 Å². The van der Waals surface area contributed by atoms with Crippen molar-refractivity contribution in [2.45, 2.75) is 40.0 Å². The van der Waals surface area contributed by atoms with Gasteiger partial charge in [-0.3, -0.25) is 4.79 Å². The lowest BCUT2D eigenvalue weighted by molar-refractivity contribution is -0.138. The molecule has 0 amide bonds. The van der Waals surface area contributed by atoms with E-state index in [0.29, 0.717) is 11.5 Å². The molecule has 0 bridgehead atoms. The minimum absolute atomic E-state index is 0.347. The normalized spacial score (nSPS) is 11.2. The largest absolute Gasteiger partial charge is 0.481 e. The molecule has 0 radical (unpaired) electrons. The van der Waals surface area contributed by atoms with Gasteiger partial charge in [-0.1, -0.05) is 44.7 Å². The van der Waals surface area contributed by atoms with Gasteiger partial charge in [0.25, 0.3) is 0 Å². The number of carbonyl (C=O) groups is 2. The minimum Gasteiger partial charge on any atom is -0.481 e. The first-order valence-electron chi connectivity index (χ1n) is 7.24. The van der Waals surface area contributed by atoms with Gasteiger partial charge in [-0.15, -0.1) is 0 Å². The predicted octanol–water partition coefficient (Wildman–Crippen LogP) is 3.81. The number of hydrogen-bond donors (Lipinski definition) is 1. The number of rotatable bonds is 5. The molecule has 1 aromatic carbocycles. The van der Waals surface area contributed by atoms with E-state index in [2.05, 4.69) is 25.2 Å². The van der Waals surface area contributed by atoms with Crippen molar-refractivity contribution in [3.05, 3.63) is 47.5 Å². The second kappa shape index (κ2) is 9.77. The van der Waals surface area contributed by atoms with Crippen LogP contribution in [0.25, 0.3) is 0 Å². The summed E-state index contributed by atoms with van der Waals surface area (Å²) in [5.74, 6) is -0.905. The van der Waals surface area contributed by atoms with Crippen LogP contribution in [-0.2, 0) is 20.7 Å². The first-order chi connectivity index (χ1) is 10.2. The van der Waals surface area contributed by atoms with E-state index in [1.165, 1.54) is 12.7 Å². The molecule has 0 aliphatic carbocycles. The van der Waals surface area contributed by atoms with Crippen LogP contribution < -0.4 is 0 Å². The Hall–Kier alpha value is -2.10. The standard InChI is InChI=1S/C13H18O2.C5H8O2/c1-9(2)8-11-4-6-12(7-5-11)10(3)13(14)15;1-4(2)5(6)7-3/h4-7,9-10H,8H2,1-3H3,(H,14,15);1H2,2-3H3. The smallest absolute Gasteiger partial charge is 0.332 e. The number of carboxylic acid groups (broad SMARTS) is 1. The number of aliphatic carboxylic acids is 1. The zero-order valence-corrected chi connectivity index (χ0v) is 14.1. The van der Waals surface area contributed by atoms with Gasteiger partial charge < -0.3 is 9.84 Å². The third-order valence-electron chi connectivity index (χ3n) is 3.03. The van der Waals surface area contributed by atoms with Crippen molar-refractivity contribution in [1.82, 2.24) is 0 Å². The molecule has 1 N–H and O–H groups in total. The number of esters is 1. The molecule has 4 heteroatoms. The summed E-state index contributed by atoms with van der Waals surface area (Å²) in [6.07, 6.45) is 1.04. The van der Waals surface area contributed by atoms with Crippen molar-refractivity contribution >= 4 is 11.9 Å². The first kappa shape index (κ1) is 19.9. The number of ether oxygens (including phenoxy) is 1. The molecule has 0 aliphatic rings. The first-order valence-corrected chi connectivity index (χ1v) is 7.24. The lowest BCUT2D eigenvalue weighted by atomic mass is 9.97. The van der Waals surface area contributed by atoms with Crippen LogP contribution >= 0.6 is 0 Å². The Labute approximate surface area is 132 Å². The van der Waals surface area contributed by atoms with Gasteiger partial charge in [-0.25, -0.2) is 4.79 Å². The summed E-state index contributed by atoms with van der Waals surface area (Å²) in [4.78, 5) is 21.0. The lowest BCUT2D eigenvalue weighted by Gasteiger charge is -2.09. The Balaban J connectivity index is 0.000000534. The highest BCUT2D eigenvalue weighted by Gasteiger charge is 2.12. The van der Waals surface area contributed by atoms with Crippen LogP contribution in [0.5, 0.6) is 0 Å². The maximum atomic E-state index is 10.8. The molecule has 0 saturated heterocycles. The van der Waals surface area contributed by atoms with E-state index in [0.717, 1.165) is 12.0 Å². The van der Waals surface area contributed by atoms with Crippen LogP contribution in [0.1, 0.15) is 44.7 Å². The molecule has 0 aromatic heterocycles. The molecule has 0 heterocycles. The van der Waals surface area contributed by atoms with E-state index in [1.807, 2.05) is 24.3 Å². The molecule has 0 aliphatic heterocycles. The molecular weight excluding hydrogens is 280 g/mol. The fourth-order valence-corrected chi connectivity index (χ4v) is 1.73. The molecule has 4 nitrogen and oxygen atoms in total. The Kier molecular flexibility index (Phi) is 8.83. The summed E-state index contributed by atoms with van der Waals surface area (Å²) in [5.41, 5.74) is 2.57. The van der Waals surface area contributed by atoms with Crippen molar-refractivity contribution in [1.29, 1.82) is 0 Å². The predicted molar refractivity (Wildman–Crippen MR) is 87.9 cm³/mol. The van der Waals surface area contributed by atoms with Crippen LogP contribution in [0.4, 0.5) is 0 Å². The van der Waals surface area contributed by atoms with E-state index in [-0.39, 0.29) is 5.97 Å². The minimum atomic E-state index is -0.772. The average Bonchev–Trinajstić information content (AvgIpc) is 2.46. The van der Waals surface area contributed by atoms with Crippen molar-refractivity contribution < 1.29 is 19.4 Å². The SMILES string of the molecule is C=C(C)C(=O)OC.CC(C)Cc1ccc(C(C)C(=O)O)cc1. The Morgan fingerprint density at radius 2 is 1.68 bits per heavy atom. The van der Waals surface area contributed by atoms with Gasteiger partial charge in [0.2, 0.25) is 0 Å². The molecule has 1 atom stereocenters. The third kappa shape index (κ3) is 7.62. The van der Waals surface area contributed by atoms with Crippen molar-refractivity contribution in [2.24, 2.45) is 5.92 Å². The average molecular weight is 306 g/mol. The van der Waals surface area contributed by atoms with Crippen LogP contribution in [0.15, 0.2) is 36.4 Å². The molecule has 22 heavy (non-hydrogen) atoms. The van der Waals surface area contributed by atoms with Gasteiger partial charge >= 0.3 is 11.9 Å². The third-order valence-corrected chi connectivity index (χ3v) is 3.03. The fraction of sp³-hybridized carbons (Fsp3) is 0.444. The van der Waals surface area contributed by atoms with E-state index in [1.54, 1.807) is 13.8 Å². The summed E-state index contributed by atoms with van der Waals surface area (Å²) >= 11 is 0. The maximum absolute atomic E-state index is 10.8. The summed E-state index contributed by atoms with van der Waals surface area (Å²) in [6, 6.07) is 7.87. The van der Waals surface area contributed by atoms with Gasteiger partial charge in [0, 0.05) is 5.57 Å². The van der Waals surface area contributed by atoms with Crippen molar-refractivity contribution in [2.75, 3.05) is 7.11 Å². The van der Waals surface area contributed by atoms with Crippen LogP contribution in [-0.4, -0.2) is 24.2 Å². The van der Waals surface area contributed by atoms with Crippen LogP contribution in [0.2, 0.25) is 0 Å². The van der Waals surface area contributed by atoms with Gasteiger partial charge in [0.05, 0.1) is 13.0 Å². The van der Waals surface area contributed by atoms with Crippen molar-refractivity contribution in [3.8, 4) is 0 Å². The zero-order chi connectivity index (χ0) is 17.3. The summed E-state index contributed by atoms with van der Waals surface area (Å²) < 4.78 is 4.27. The quantitative estimate of drug-likeness (QED) is 0.663. The number of benzene rings is 1. The molecule has 0 saturated carbocycles. The van der Waals surface area contributed by atoms with E-state index in [9.17, 15) is 9.59 Å². The second-order valence-corrected chi connectivity index (χ2v) is 5.67. The van der Waals surface area contributed by atoms with Crippen molar-refractivity contribution in [3.63, 3.8) is 0 Å². The van der Waals surface area contributed by atoms with E-state index in [4.69, 9.17) is 5.11 Å². The van der Waals surface area contributed by atoms with Gasteiger partial charge in [-0.05, 0) is 37.3 Å². The molecule has 0 spiro atoms. The second-order valence-electron chi connectivity index (χ2n) is 5.67.